The monoisotopic (exact) mass is 343 g/mol. The van der Waals surface area contributed by atoms with Crippen LogP contribution in [0, 0.1) is 0 Å². The van der Waals surface area contributed by atoms with Gasteiger partial charge in [-0.15, -0.1) is 11.3 Å². The molecule has 0 N–H and O–H groups in total. The van der Waals surface area contributed by atoms with E-state index in [0.29, 0.717) is 13.0 Å². The molecule has 1 aromatic heterocycles. The van der Waals surface area contributed by atoms with Gasteiger partial charge in [0.15, 0.2) is 0 Å². The van der Waals surface area contributed by atoms with Crippen molar-refractivity contribution in [2.45, 2.75) is 29.5 Å². The highest BCUT2D eigenvalue weighted by atomic mass is 79.9. The topological polar surface area (TPSA) is 37.4 Å². The molecule has 0 spiro atoms. The number of hydrogen-bond donors (Lipinski definition) is 0. The first-order valence-electron chi connectivity index (χ1n) is 4.86. The molecule has 0 radical (unpaired) electrons. The van der Waals surface area contributed by atoms with Crippen molar-refractivity contribution in [3.63, 3.8) is 0 Å². The van der Waals surface area contributed by atoms with E-state index in [1.165, 1.54) is 10.4 Å². The highest BCUT2D eigenvalue weighted by molar-refractivity contribution is 9.11. The molecule has 0 unspecified atom stereocenters. The Labute approximate surface area is 113 Å². The van der Waals surface area contributed by atoms with Gasteiger partial charge in [-0.1, -0.05) is 18.0 Å². The van der Waals surface area contributed by atoms with Crippen LogP contribution < -0.4 is 0 Å². The molecule has 1 aliphatic carbocycles. The van der Waals surface area contributed by atoms with Gasteiger partial charge in [0, 0.05) is 13.1 Å². The van der Waals surface area contributed by atoms with Crippen LogP contribution in [0.15, 0.2) is 14.1 Å². The zero-order valence-corrected chi connectivity index (χ0v) is 12.6. The van der Waals surface area contributed by atoms with Crippen LogP contribution in [0.1, 0.15) is 19.3 Å². The lowest BCUT2D eigenvalue weighted by Crippen LogP contribution is -2.40. The Morgan fingerprint density at radius 1 is 1.56 bits per heavy atom. The van der Waals surface area contributed by atoms with Crippen LogP contribution in [0.4, 0.5) is 0 Å². The number of sulfonamides is 1. The van der Waals surface area contributed by atoms with Gasteiger partial charge in [0.25, 0.3) is 10.0 Å². The minimum absolute atomic E-state index is 0.157. The molecule has 2 rings (SSSR count). The maximum absolute atomic E-state index is 12.2. The van der Waals surface area contributed by atoms with Gasteiger partial charge in [0.2, 0.25) is 0 Å². The van der Waals surface area contributed by atoms with E-state index < -0.39 is 10.0 Å². The number of thiophene rings is 1. The second kappa shape index (κ2) is 4.57. The van der Waals surface area contributed by atoms with E-state index in [4.69, 9.17) is 11.6 Å². The Bertz CT molecular complexity index is 476. The molecule has 0 saturated heterocycles. The zero-order chi connectivity index (χ0) is 11.9. The number of halogens is 2. The van der Waals surface area contributed by atoms with Gasteiger partial charge in [0.1, 0.15) is 4.21 Å². The minimum Gasteiger partial charge on any atom is -0.206 e. The molecular weight excluding hydrogens is 334 g/mol. The maximum atomic E-state index is 12.2. The molecule has 1 aliphatic rings. The number of rotatable bonds is 3. The predicted octanol–water partition coefficient (Wildman–Crippen LogP) is 3.34. The van der Waals surface area contributed by atoms with Gasteiger partial charge in [-0.25, -0.2) is 8.42 Å². The predicted molar refractivity (Wildman–Crippen MR) is 69.6 cm³/mol. The molecule has 0 atom stereocenters. The molecule has 16 heavy (non-hydrogen) atoms. The van der Waals surface area contributed by atoms with E-state index >= 15 is 0 Å². The molecule has 0 amide bonds. The van der Waals surface area contributed by atoms with E-state index in [-0.39, 0.29) is 6.04 Å². The SMILES string of the molecule is CN(C1CCC1)S(=O)(=O)c1cc(Cl)c(Br)s1. The lowest BCUT2D eigenvalue weighted by Gasteiger charge is -2.33. The molecule has 90 valence electrons. The van der Waals surface area contributed by atoms with Gasteiger partial charge in [-0.3, -0.25) is 0 Å². The van der Waals surface area contributed by atoms with Gasteiger partial charge in [-0.05, 0) is 34.8 Å². The summed E-state index contributed by atoms with van der Waals surface area (Å²) in [5, 5.41) is 0.450. The fraction of sp³-hybridized carbons (Fsp3) is 0.556. The van der Waals surface area contributed by atoms with E-state index in [0.717, 1.165) is 30.6 Å². The molecule has 0 aliphatic heterocycles. The Morgan fingerprint density at radius 3 is 2.56 bits per heavy atom. The van der Waals surface area contributed by atoms with Gasteiger partial charge >= 0.3 is 0 Å². The summed E-state index contributed by atoms with van der Waals surface area (Å²) in [6, 6.07) is 1.66. The van der Waals surface area contributed by atoms with Gasteiger partial charge in [0.05, 0.1) is 8.81 Å². The van der Waals surface area contributed by atoms with E-state index in [1.807, 2.05) is 0 Å². The molecule has 7 heteroatoms. The Kier molecular flexibility index (Phi) is 3.66. The van der Waals surface area contributed by atoms with Crippen molar-refractivity contribution >= 4 is 48.9 Å². The smallest absolute Gasteiger partial charge is 0.206 e. The Hall–Kier alpha value is 0.380. The number of hydrogen-bond acceptors (Lipinski definition) is 3. The lowest BCUT2D eigenvalue weighted by molar-refractivity contribution is 0.250. The third-order valence-electron chi connectivity index (χ3n) is 2.84. The van der Waals surface area contributed by atoms with Crippen molar-refractivity contribution in [2.75, 3.05) is 7.05 Å². The summed E-state index contributed by atoms with van der Waals surface area (Å²) >= 11 is 10.2. The summed E-state index contributed by atoms with van der Waals surface area (Å²) in [6.07, 6.45) is 3.02. The fourth-order valence-electron chi connectivity index (χ4n) is 1.54. The van der Waals surface area contributed by atoms with Crippen LogP contribution in [-0.2, 0) is 10.0 Å². The molecular formula is C9H11BrClNO2S2. The highest BCUT2D eigenvalue weighted by Crippen LogP contribution is 2.37. The summed E-state index contributed by atoms with van der Waals surface area (Å²) in [4.78, 5) is 0. The molecule has 3 nitrogen and oxygen atoms in total. The van der Waals surface area contributed by atoms with Crippen molar-refractivity contribution in [1.29, 1.82) is 0 Å². The largest absolute Gasteiger partial charge is 0.252 e. The van der Waals surface area contributed by atoms with Crippen LogP contribution in [-0.4, -0.2) is 25.8 Å². The van der Waals surface area contributed by atoms with E-state index in [2.05, 4.69) is 15.9 Å². The molecule has 0 bridgehead atoms. The Balaban J connectivity index is 2.30. The van der Waals surface area contributed by atoms with Crippen LogP contribution in [0.2, 0.25) is 5.02 Å². The first kappa shape index (κ1) is 12.8. The van der Waals surface area contributed by atoms with Crippen LogP contribution in [0.3, 0.4) is 0 Å². The second-order valence-corrected chi connectivity index (χ2v) is 8.79. The normalized spacial score (nSPS) is 17.8. The zero-order valence-electron chi connectivity index (χ0n) is 8.61. The highest BCUT2D eigenvalue weighted by Gasteiger charge is 2.33. The molecule has 1 saturated carbocycles. The third kappa shape index (κ3) is 2.18. The quantitative estimate of drug-likeness (QED) is 0.843. The van der Waals surface area contributed by atoms with E-state index in [9.17, 15) is 8.42 Å². The van der Waals surface area contributed by atoms with Gasteiger partial charge in [-0.2, -0.15) is 4.31 Å². The van der Waals surface area contributed by atoms with Crippen molar-refractivity contribution in [3.8, 4) is 0 Å². The van der Waals surface area contributed by atoms with Crippen molar-refractivity contribution in [2.24, 2.45) is 0 Å². The summed E-state index contributed by atoms with van der Waals surface area (Å²) in [6.45, 7) is 0. The first-order valence-corrected chi connectivity index (χ1v) is 8.28. The maximum Gasteiger partial charge on any atom is 0.252 e. The van der Waals surface area contributed by atoms with E-state index in [1.54, 1.807) is 7.05 Å². The first-order chi connectivity index (χ1) is 7.43. The number of nitrogens with zero attached hydrogens (tertiary/aromatic N) is 1. The van der Waals surface area contributed by atoms with Crippen molar-refractivity contribution < 1.29 is 8.42 Å². The Morgan fingerprint density at radius 2 is 2.19 bits per heavy atom. The van der Waals surface area contributed by atoms with Gasteiger partial charge < -0.3 is 0 Å². The summed E-state index contributed by atoms with van der Waals surface area (Å²) in [7, 11) is -1.72. The van der Waals surface area contributed by atoms with Crippen LogP contribution in [0.5, 0.6) is 0 Å². The minimum atomic E-state index is -3.36. The third-order valence-corrected chi connectivity index (χ3v) is 7.68. The molecule has 0 aromatic carbocycles. The van der Waals surface area contributed by atoms with Crippen LogP contribution >= 0.6 is 38.9 Å². The lowest BCUT2D eigenvalue weighted by atomic mass is 9.94. The van der Waals surface area contributed by atoms with Crippen molar-refractivity contribution in [3.05, 3.63) is 14.9 Å². The summed E-state index contributed by atoms with van der Waals surface area (Å²) in [5.41, 5.74) is 0. The summed E-state index contributed by atoms with van der Waals surface area (Å²) < 4.78 is 26.8. The molecule has 1 heterocycles. The van der Waals surface area contributed by atoms with Crippen molar-refractivity contribution in [1.82, 2.24) is 4.31 Å². The second-order valence-electron chi connectivity index (χ2n) is 3.79. The average Bonchev–Trinajstić information content (AvgIpc) is 2.44. The molecule has 1 fully saturated rings. The summed E-state index contributed by atoms with van der Waals surface area (Å²) in [5.74, 6) is 0. The standard InChI is InChI=1S/C9H11BrClNO2S2/c1-12(6-3-2-4-6)16(13,14)8-5-7(11)9(10)15-8/h5-6H,2-4H2,1H3. The fourth-order valence-corrected chi connectivity index (χ4v) is 5.54. The average molecular weight is 345 g/mol. The molecule has 1 aromatic rings. The van der Waals surface area contributed by atoms with Crippen LogP contribution in [0.25, 0.3) is 0 Å².